The summed E-state index contributed by atoms with van der Waals surface area (Å²) in [6.07, 6.45) is 13.2. The Morgan fingerprint density at radius 1 is 1.07 bits per heavy atom. The summed E-state index contributed by atoms with van der Waals surface area (Å²) >= 11 is 0. The molecular formula is C14H29P. The third-order valence-electron chi connectivity index (χ3n) is 3.08. The van der Waals surface area contributed by atoms with Crippen LogP contribution in [0.4, 0.5) is 0 Å². The number of allylic oxidation sites excluding steroid dienone is 1. The molecule has 2 unspecified atom stereocenters. The van der Waals surface area contributed by atoms with Gasteiger partial charge in [-0.15, -0.1) is 15.2 Å². The molecule has 0 fully saturated rings. The van der Waals surface area contributed by atoms with Crippen LogP contribution in [0.2, 0.25) is 0 Å². The second-order valence-electron chi connectivity index (χ2n) is 4.67. The van der Waals surface area contributed by atoms with Crippen LogP contribution < -0.4 is 0 Å². The largest absolute Gasteiger partial charge is 0.112 e. The van der Waals surface area contributed by atoms with Gasteiger partial charge in [0, 0.05) is 5.16 Å². The molecule has 0 aliphatic carbocycles. The fourth-order valence-corrected chi connectivity index (χ4v) is 3.24. The summed E-state index contributed by atoms with van der Waals surface area (Å²) in [5, 5.41) is 0.430. The zero-order chi connectivity index (χ0) is 11.6. The lowest BCUT2D eigenvalue weighted by Gasteiger charge is -2.25. The van der Waals surface area contributed by atoms with Gasteiger partial charge in [-0.3, -0.25) is 0 Å². The standard InChI is InChI=1S/C14H29P/c1-5-8-9-10-11-12-13-14(4,6-2)15-7-3/h6,15H,2,5,7-13H2,1,3-4H3. The van der Waals surface area contributed by atoms with Crippen molar-refractivity contribution in [2.75, 3.05) is 6.16 Å². The fraction of sp³-hybridized carbons (Fsp3) is 0.857. The summed E-state index contributed by atoms with van der Waals surface area (Å²) in [4.78, 5) is 0. The minimum atomic E-state index is 0.430. The number of hydrogen-bond acceptors (Lipinski definition) is 0. The van der Waals surface area contributed by atoms with E-state index >= 15 is 0 Å². The summed E-state index contributed by atoms with van der Waals surface area (Å²) in [5.41, 5.74) is 0. The monoisotopic (exact) mass is 228 g/mol. The molecule has 15 heavy (non-hydrogen) atoms. The van der Waals surface area contributed by atoms with Crippen molar-refractivity contribution >= 4 is 8.58 Å². The molecule has 0 N–H and O–H groups in total. The van der Waals surface area contributed by atoms with Crippen molar-refractivity contribution in [2.45, 2.75) is 70.9 Å². The van der Waals surface area contributed by atoms with Crippen molar-refractivity contribution in [3.63, 3.8) is 0 Å². The molecule has 0 amide bonds. The number of unbranched alkanes of at least 4 members (excludes halogenated alkanes) is 5. The van der Waals surface area contributed by atoms with E-state index in [1.807, 2.05) is 0 Å². The second-order valence-corrected chi connectivity index (χ2v) is 6.87. The van der Waals surface area contributed by atoms with Gasteiger partial charge < -0.3 is 0 Å². The van der Waals surface area contributed by atoms with E-state index in [1.54, 1.807) is 0 Å². The first-order valence-corrected chi connectivity index (χ1v) is 7.78. The molecule has 0 rings (SSSR count). The molecular weight excluding hydrogens is 199 g/mol. The molecule has 0 aliphatic rings. The molecule has 0 aromatic heterocycles. The van der Waals surface area contributed by atoms with Gasteiger partial charge in [0.2, 0.25) is 0 Å². The van der Waals surface area contributed by atoms with Gasteiger partial charge in [-0.05, 0) is 12.6 Å². The summed E-state index contributed by atoms with van der Waals surface area (Å²) in [7, 11) is 1.05. The first kappa shape index (κ1) is 15.2. The molecule has 0 nitrogen and oxygen atoms in total. The maximum Gasteiger partial charge on any atom is 0.00247 e. The van der Waals surface area contributed by atoms with E-state index < -0.39 is 0 Å². The average Bonchev–Trinajstić information content (AvgIpc) is 2.24. The highest BCUT2D eigenvalue weighted by atomic mass is 31.1. The predicted octanol–water partition coefficient (Wildman–Crippen LogP) is 5.38. The Morgan fingerprint density at radius 2 is 1.67 bits per heavy atom. The van der Waals surface area contributed by atoms with Gasteiger partial charge in [-0.25, -0.2) is 0 Å². The second kappa shape index (κ2) is 9.40. The highest BCUT2D eigenvalue weighted by Gasteiger charge is 2.17. The van der Waals surface area contributed by atoms with E-state index in [1.165, 1.54) is 51.1 Å². The Kier molecular flexibility index (Phi) is 9.51. The lowest BCUT2D eigenvalue weighted by Crippen LogP contribution is -2.14. The molecule has 0 bridgehead atoms. The van der Waals surface area contributed by atoms with Crippen molar-refractivity contribution in [3.05, 3.63) is 12.7 Å². The molecule has 0 aromatic rings. The van der Waals surface area contributed by atoms with Crippen LogP contribution in [-0.4, -0.2) is 11.3 Å². The van der Waals surface area contributed by atoms with Crippen LogP contribution in [0.1, 0.15) is 65.7 Å². The molecule has 0 heterocycles. The lowest BCUT2D eigenvalue weighted by atomic mass is 10.0. The Labute approximate surface area is 98.7 Å². The fourth-order valence-electron chi connectivity index (χ4n) is 1.94. The molecule has 0 aromatic carbocycles. The third kappa shape index (κ3) is 8.03. The molecule has 0 aliphatic heterocycles. The predicted molar refractivity (Wildman–Crippen MR) is 75.5 cm³/mol. The van der Waals surface area contributed by atoms with Crippen LogP contribution in [-0.2, 0) is 0 Å². The van der Waals surface area contributed by atoms with E-state index in [2.05, 4.69) is 33.4 Å². The van der Waals surface area contributed by atoms with Gasteiger partial charge in [-0.2, -0.15) is 0 Å². The van der Waals surface area contributed by atoms with Crippen LogP contribution in [0.3, 0.4) is 0 Å². The van der Waals surface area contributed by atoms with Crippen LogP contribution >= 0.6 is 8.58 Å². The molecule has 0 spiro atoms. The summed E-state index contributed by atoms with van der Waals surface area (Å²) in [6, 6.07) is 0. The van der Waals surface area contributed by atoms with Crippen molar-refractivity contribution < 1.29 is 0 Å². The van der Waals surface area contributed by atoms with Crippen molar-refractivity contribution in [1.29, 1.82) is 0 Å². The van der Waals surface area contributed by atoms with Gasteiger partial charge in [0.15, 0.2) is 0 Å². The molecule has 1 heteroatoms. The normalized spacial score (nSPS) is 15.7. The Morgan fingerprint density at radius 3 is 2.20 bits per heavy atom. The average molecular weight is 228 g/mol. The third-order valence-corrected chi connectivity index (χ3v) is 4.70. The van der Waals surface area contributed by atoms with Crippen molar-refractivity contribution in [1.82, 2.24) is 0 Å². The topological polar surface area (TPSA) is 0 Å². The smallest absolute Gasteiger partial charge is 0.00247 e. The van der Waals surface area contributed by atoms with Crippen LogP contribution in [0, 0.1) is 0 Å². The Balaban J connectivity index is 3.50. The van der Waals surface area contributed by atoms with E-state index in [4.69, 9.17) is 0 Å². The van der Waals surface area contributed by atoms with Gasteiger partial charge >= 0.3 is 0 Å². The quantitative estimate of drug-likeness (QED) is 0.267. The van der Waals surface area contributed by atoms with E-state index in [0.717, 1.165) is 8.58 Å². The summed E-state index contributed by atoms with van der Waals surface area (Å²) < 4.78 is 0. The number of rotatable bonds is 10. The minimum absolute atomic E-state index is 0.430. The van der Waals surface area contributed by atoms with Gasteiger partial charge in [0.1, 0.15) is 0 Å². The Hall–Kier alpha value is 0.170. The maximum absolute atomic E-state index is 3.99. The zero-order valence-electron chi connectivity index (χ0n) is 10.9. The SMILES string of the molecule is C=CC(C)(CCCCCCCC)PCC. The molecule has 0 saturated heterocycles. The van der Waals surface area contributed by atoms with Crippen LogP contribution in [0.5, 0.6) is 0 Å². The zero-order valence-corrected chi connectivity index (χ0v) is 11.9. The first-order chi connectivity index (χ1) is 7.18. The van der Waals surface area contributed by atoms with E-state index in [0.29, 0.717) is 5.16 Å². The summed E-state index contributed by atoms with van der Waals surface area (Å²) in [5.74, 6) is 0. The van der Waals surface area contributed by atoms with Gasteiger partial charge in [-0.1, -0.05) is 65.4 Å². The van der Waals surface area contributed by atoms with Crippen molar-refractivity contribution in [2.24, 2.45) is 0 Å². The molecule has 0 radical (unpaired) electrons. The highest BCUT2D eigenvalue weighted by Crippen LogP contribution is 2.36. The van der Waals surface area contributed by atoms with Gasteiger partial charge in [0.25, 0.3) is 0 Å². The molecule has 0 saturated carbocycles. The lowest BCUT2D eigenvalue weighted by molar-refractivity contribution is 0.561. The first-order valence-electron chi connectivity index (χ1n) is 6.57. The van der Waals surface area contributed by atoms with E-state index in [9.17, 15) is 0 Å². The minimum Gasteiger partial charge on any atom is -0.112 e. The molecule has 90 valence electrons. The van der Waals surface area contributed by atoms with Crippen LogP contribution in [0.15, 0.2) is 12.7 Å². The van der Waals surface area contributed by atoms with E-state index in [-0.39, 0.29) is 0 Å². The highest BCUT2D eigenvalue weighted by molar-refractivity contribution is 7.40. The summed E-state index contributed by atoms with van der Waals surface area (Å²) in [6.45, 7) is 10.9. The van der Waals surface area contributed by atoms with Gasteiger partial charge in [0.05, 0.1) is 0 Å². The Bertz CT molecular complexity index is 153. The number of hydrogen-bond donors (Lipinski definition) is 0. The van der Waals surface area contributed by atoms with Crippen molar-refractivity contribution in [3.8, 4) is 0 Å². The van der Waals surface area contributed by atoms with Crippen LogP contribution in [0.25, 0.3) is 0 Å². The maximum atomic E-state index is 3.99. The molecule has 2 atom stereocenters.